The van der Waals surface area contributed by atoms with Crippen molar-refractivity contribution in [2.75, 3.05) is 12.4 Å². The van der Waals surface area contributed by atoms with Crippen LogP contribution < -0.4 is 5.32 Å². The van der Waals surface area contributed by atoms with Crippen molar-refractivity contribution in [2.45, 2.75) is 11.8 Å². The van der Waals surface area contributed by atoms with Crippen LogP contribution in [0.15, 0.2) is 24.3 Å². The van der Waals surface area contributed by atoms with Crippen molar-refractivity contribution in [3.8, 4) is 0 Å². The second-order valence-corrected chi connectivity index (χ2v) is 5.19. The summed E-state index contributed by atoms with van der Waals surface area (Å²) in [5.41, 5.74) is 0.988. The molecule has 0 unspecified atom stereocenters. The highest BCUT2D eigenvalue weighted by Crippen LogP contribution is 2.16. The third-order valence-corrected chi connectivity index (χ3v) is 3.45. The molecule has 0 bridgehead atoms. The lowest BCUT2D eigenvalue weighted by atomic mass is 10.2. The molecule has 3 N–H and O–H groups in total. The summed E-state index contributed by atoms with van der Waals surface area (Å²) in [4.78, 5) is 22.0. The number of carbonyl (C=O) groups is 2. The first-order valence-electron chi connectivity index (χ1n) is 5.48. The number of benzene rings is 1. The molecule has 0 heterocycles. The molecule has 19 heavy (non-hydrogen) atoms. The van der Waals surface area contributed by atoms with Crippen LogP contribution in [0.4, 0.5) is 0 Å². The zero-order chi connectivity index (χ0) is 14.3. The van der Waals surface area contributed by atoms with Crippen LogP contribution in [-0.4, -0.2) is 40.5 Å². The first kappa shape index (κ1) is 15.8. The van der Waals surface area contributed by atoms with E-state index in [0.29, 0.717) is 10.8 Å². The van der Waals surface area contributed by atoms with Gasteiger partial charge < -0.3 is 15.5 Å². The van der Waals surface area contributed by atoms with E-state index in [0.717, 1.165) is 5.56 Å². The fourth-order valence-corrected chi connectivity index (χ4v) is 2.31. The van der Waals surface area contributed by atoms with Gasteiger partial charge in [-0.1, -0.05) is 23.7 Å². The number of rotatable bonds is 7. The first-order valence-corrected chi connectivity index (χ1v) is 7.01. The molecular weight excluding hydrogens is 290 g/mol. The summed E-state index contributed by atoms with van der Waals surface area (Å²) in [6.45, 7) is -0.625. The summed E-state index contributed by atoms with van der Waals surface area (Å²) in [5.74, 6) is -0.953. The maximum absolute atomic E-state index is 11.4. The van der Waals surface area contributed by atoms with E-state index in [4.69, 9.17) is 21.8 Å². The second kappa shape index (κ2) is 8.04. The quantitative estimate of drug-likeness (QED) is 0.703. The number of hydrogen-bond acceptors (Lipinski definition) is 4. The molecule has 1 rings (SSSR count). The van der Waals surface area contributed by atoms with Gasteiger partial charge in [-0.25, -0.2) is 4.79 Å². The number of hydrogen-bond donors (Lipinski definition) is 3. The normalized spacial score (nSPS) is 11.9. The molecule has 0 saturated carbocycles. The number of nitrogens with one attached hydrogen (secondary N) is 1. The molecule has 1 amide bonds. The Hall–Kier alpha value is -1.24. The minimum absolute atomic E-state index is 0.121. The summed E-state index contributed by atoms with van der Waals surface area (Å²) in [6.07, 6.45) is 0. The van der Waals surface area contributed by atoms with Crippen molar-refractivity contribution in [3.05, 3.63) is 34.9 Å². The number of thioether (sulfide) groups is 1. The van der Waals surface area contributed by atoms with Gasteiger partial charge >= 0.3 is 5.97 Å². The zero-order valence-electron chi connectivity index (χ0n) is 10.0. The van der Waals surface area contributed by atoms with Crippen molar-refractivity contribution in [1.29, 1.82) is 0 Å². The van der Waals surface area contributed by atoms with Crippen LogP contribution >= 0.6 is 23.4 Å². The Morgan fingerprint density at radius 3 is 2.74 bits per heavy atom. The van der Waals surface area contributed by atoms with Gasteiger partial charge in [0.2, 0.25) is 5.91 Å². The Morgan fingerprint density at radius 1 is 1.42 bits per heavy atom. The fourth-order valence-electron chi connectivity index (χ4n) is 1.31. The highest BCUT2D eigenvalue weighted by molar-refractivity contribution is 7.99. The SMILES string of the molecule is O=C(CSCc1cccc(Cl)c1)N[C@@H](CO)C(=O)O. The lowest BCUT2D eigenvalue weighted by molar-refractivity contribution is -0.142. The third kappa shape index (κ3) is 5.96. The Labute approximate surface area is 120 Å². The molecule has 0 fully saturated rings. The van der Waals surface area contributed by atoms with Crippen LogP contribution in [0.25, 0.3) is 0 Å². The molecule has 1 aromatic rings. The van der Waals surface area contributed by atoms with E-state index in [2.05, 4.69) is 5.32 Å². The zero-order valence-corrected chi connectivity index (χ0v) is 11.6. The van der Waals surface area contributed by atoms with Gasteiger partial charge in [0, 0.05) is 10.8 Å². The largest absolute Gasteiger partial charge is 0.480 e. The van der Waals surface area contributed by atoms with Gasteiger partial charge in [-0.3, -0.25) is 4.79 Å². The number of aliphatic hydroxyl groups excluding tert-OH is 1. The molecule has 0 aliphatic carbocycles. The molecule has 0 radical (unpaired) electrons. The van der Waals surface area contributed by atoms with E-state index < -0.39 is 24.5 Å². The van der Waals surface area contributed by atoms with Gasteiger partial charge in [-0.05, 0) is 17.7 Å². The molecule has 5 nitrogen and oxygen atoms in total. The average molecular weight is 304 g/mol. The van der Waals surface area contributed by atoms with Crippen molar-refractivity contribution in [1.82, 2.24) is 5.32 Å². The number of carbonyl (C=O) groups excluding carboxylic acids is 1. The number of carboxylic acids is 1. The average Bonchev–Trinajstić information content (AvgIpc) is 2.35. The topological polar surface area (TPSA) is 86.6 Å². The summed E-state index contributed by atoms with van der Waals surface area (Å²) in [7, 11) is 0. The van der Waals surface area contributed by atoms with E-state index in [9.17, 15) is 9.59 Å². The van der Waals surface area contributed by atoms with Crippen LogP contribution in [0.5, 0.6) is 0 Å². The van der Waals surface area contributed by atoms with Crippen molar-refractivity contribution in [3.63, 3.8) is 0 Å². The minimum atomic E-state index is -1.25. The highest BCUT2D eigenvalue weighted by atomic mass is 35.5. The number of aliphatic carboxylic acids is 1. The van der Waals surface area contributed by atoms with Gasteiger partial charge in [0.05, 0.1) is 12.4 Å². The molecule has 104 valence electrons. The smallest absolute Gasteiger partial charge is 0.328 e. The Kier molecular flexibility index (Phi) is 6.69. The van der Waals surface area contributed by atoms with Gasteiger partial charge in [0.1, 0.15) is 6.04 Å². The molecule has 7 heteroatoms. The van der Waals surface area contributed by atoms with Crippen molar-refractivity contribution < 1.29 is 19.8 Å². The standard InChI is InChI=1S/C12H14ClNO4S/c13-9-3-1-2-8(4-9)6-19-7-11(16)14-10(5-15)12(17)18/h1-4,10,15H,5-7H2,(H,14,16)(H,17,18)/t10-/m0/s1. The van der Waals surface area contributed by atoms with E-state index >= 15 is 0 Å². The fraction of sp³-hybridized carbons (Fsp3) is 0.333. The van der Waals surface area contributed by atoms with E-state index in [1.165, 1.54) is 11.8 Å². The number of aliphatic hydroxyl groups is 1. The van der Waals surface area contributed by atoms with E-state index in [1.54, 1.807) is 12.1 Å². The lowest BCUT2D eigenvalue weighted by Crippen LogP contribution is -2.44. The molecule has 0 aromatic heterocycles. The summed E-state index contributed by atoms with van der Waals surface area (Å²) < 4.78 is 0. The van der Waals surface area contributed by atoms with Crippen LogP contribution in [0.2, 0.25) is 5.02 Å². The predicted octanol–water partition coefficient (Wildman–Crippen LogP) is 1.13. The first-order chi connectivity index (χ1) is 9.02. The molecule has 1 aromatic carbocycles. The summed E-state index contributed by atoms with van der Waals surface area (Å²) in [5, 5.41) is 20.3. The second-order valence-electron chi connectivity index (χ2n) is 3.76. The van der Waals surface area contributed by atoms with Crippen LogP contribution in [0, 0.1) is 0 Å². The Morgan fingerprint density at radius 2 is 2.16 bits per heavy atom. The molecular formula is C12H14ClNO4S. The van der Waals surface area contributed by atoms with Gasteiger partial charge in [-0.15, -0.1) is 11.8 Å². The monoisotopic (exact) mass is 303 g/mol. The lowest BCUT2D eigenvalue weighted by Gasteiger charge is -2.11. The third-order valence-electron chi connectivity index (χ3n) is 2.21. The van der Waals surface area contributed by atoms with Crippen molar-refractivity contribution >= 4 is 35.2 Å². The number of carboxylic acid groups (broad SMARTS) is 1. The van der Waals surface area contributed by atoms with Gasteiger partial charge in [0.15, 0.2) is 0 Å². The maximum atomic E-state index is 11.4. The van der Waals surface area contributed by atoms with E-state index in [1.807, 2.05) is 12.1 Å². The van der Waals surface area contributed by atoms with Crippen LogP contribution in [-0.2, 0) is 15.3 Å². The molecule has 1 atom stereocenters. The minimum Gasteiger partial charge on any atom is -0.480 e. The molecule has 0 saturated heterocycles. The summed E-state index contributed by atoms with van der Waals surface area (Å²) >= 11 is 7.17. The number of amides is 1. The van der Waals surface area contributed by atoms with Crippen LogP contribution in [0.1, 0.15) is 5.56 Å². The molecule has 0 spiro atoms. The van der Waals surface area contributed by atoms with Crippen LogP contribution in [0.3, 0.4) is 0 Å². The number of halogens is 1. The molecule has 0 aliphatic heterocycles. The summed E-state index contributed by atoms with van der Waals surface area (Å²) in [6, 6.07) is 6.04. The Bertz CT molecular complexity index is 455. The maximum Gasteiger partial charge on any atom is 0.328 e. The van der Waals surface area contributed by atoms with Crippen molar-refractivity contribution in [2.24, 2.45) is 0 Å². The predicted molar refractivity (Wildman–Crippen MR) is 74.3 cm³/mol. The van der Waals surface area contributed by atoms with Gasteiger partial charge in [0.25, 0.3) is 0 Å². The van der Waals surface area contributed by atoms with E-state index in [-0.39, 0.29) is 5.75 Å². The Balaban J connectivity index is 2.33. The van der Waals surface area contributed by atoms with Gasteiger partial charge in [-0.2, -0.15) is 0 Å². The highest BCUT2D eigenvalue weighted by Gasteiger charge is 2.18. The molecule has 0 aliphatic rings.